The summed E-state index contributed by atoms with van der Waals surface area (Å²) >= 11 is 0. The second kappa shape index (κ2) is 5.10. The van der Waals surface area contributed by atoms with Crippen molar-refractivity contribution in [2.75, 3.05) is 0 Å². The molecule has 110 valence electrons. The fourth-order valence-electron chi connectivity index (χ4n) is 1.95. The molecule has 0 aliphatic heterocycles. The average Bonchev–Trinajstić information content (AvgIpc) is 3.10. The molecule has 20 heavy (non-hydrogen) atoms. The maximum Gasteiger partial charge on any atom is 0.257 e. The lowest BCUT2D eigenvalue weighted by Crippen LogP contribution is -2.35. The predicted octanol–water partition coefficient (Wildman–Crippen LogP) is 1.14. The lowest BCUT2D eigenvalue weighted by Gasteiger charge is -2.14. The second-order valence-corrected chi connectivity index (χ2v) is 6.41. The topological polar surface area (TPSA) is 89.3 Å². The summed E-state index contributed by atoms with van der Waals surface area (Å²) in [6.45, 7) is 1.73. The molecule has 0 spiro atoms. The Morgan fingerprint density at radius 3 is 2.50 bits per heavy atom. The number of carbonyl (C=O) groups excluding carboxylic acids is 1. The zero-order chi connectivity index (χ0) is 15.1. The van der Waals surface area contributed by atoms with Crippen LogP contribution in [-0.4, -0.2) is 20.4 Å². The molecule has 1 saturated carbocycles. The second-order valence-electron chi connectivity index (χ2n) is 4.88. The summed E-state index contributed by atoms with van der Waals surface area (Å²) in [6, 6.07) is 1.18. The molecule has 1 fully saturated rings. The molecule has 0 radical (unpaired) electrons. The maximum atomic E-state index is 14.0. The van der Waals surface area contributed by atoms with Crippen molar-refractivity contribution in [1.29, 1.82) is 0 Å². The van der Waals surface area contributed by atoms with Crippen molar-refractivity contribution in [1.82, 2.24) is 5.32 Å². The van der Waals surface area contributed by atoms with Crippen LogP contribution < -0.4 is 10.5 Å². The summed E-state index contributed by atoms with van der Waals surface area (Å²) in [7, 11) is -4.36. The molecule has 1 amide bonds. The van der Waals surface area contributed by atoms with Crippen LogP contribution in [0.2, 0.25) is 0 Å². The van der Waals surface area contributed by atoms with Crippen LogP contribution in [0.1, 0.15) is 30.1 Å². The third-order valence-corrected chi connectivity index (χ3v) is 4.21. The average molecular weight is 304 g/mol. The normalized spacial score (nSPS) is 16.8. The van der Waals surface area contributed by atoms with E-state index in [9.17, 15) is 22.0 Å². The first-order chi connectivity index (χ1) is 9.21. The van der Waals surface area contributed by atoms with Gasteiger partial charge >= 0.3 is 0 Å². The SMILES string of the molecule is CC(NC(=O)c1c(F)ccc(S(N)(=O)=O)c1F)C1CC1. The fourth-order valence-corrected chi connectivity index (χ4v) is 2.56. The Kier molecular flexibility index (Phi) is 3.79. The number of hydrogen-bond donors (Lipinski definition) is 2. The number of carbonyl (C=O) groups is 1. The highest BCUT2D eigenvalue weighted by atomic mass is 32.2. The van der Waals surface area contributed by atoms with Gasteiger partial charge in [-0.15, -0.1) is 0 Å². The summed E-state index contributed by atoms with van der Waals surface area (Å²) in [5.41, 5.74) is -0.927. The van der Waals surface area contributed by atoms with Crippen molar-refractivity contribution in [3.63, 3.8) is 0 Å². The number of sulfonamides is 1. The number of rotatable bonds is 4. The smallest absolute Gasteiger partial charge is 0.257 e. The van der Waals surface area contributed by atoms with Crippen molar-refractivity contribution < 1.29 is 22.0 Å². The molecular weight excluding hydrogens is 290 g/mol. The largest absolute Gasteiger partial charge is 0.349 e. The van der Waals surface area contributed by atoms with Crippen LogP contribution in [0, 0.1) is 17.6 Å². The molecule has 1 atom stereocenters. The van der Waals surface area contributed by atoms with Gasteiger partial charge in [0.25, 0.3) is 5.91 Å². The first-order valence-corrected chi connectivity index (χ1v) is 7.58. The molecule has 2 rings (SSSR count). The van der Waals surface area contributed by atoms with E-state index in [1.807, 2.05) is 0 Å². The van der Waals surface area contributed by atoms with Gasteiger partial charge in [-0.05, 0) is 37.8 Å². The van der Waals surface area contributed by atoms with E-state index in [1.54, 1.807) is 6.92 Å². The van der Waals surface area contributed by atoms with E-state index >= 15 is 0 Å². The molecule has 0 aromatic heterocycles. The molecule has 0 saturated heterocycles. The van der Waals surface area contributed by atoms with Crippen molar-refractivity contribution in [3.8, 4) is 0 Å². The van der Waals surface area contributed by atoms with Gasteiger partial charge in [-0.25, -0.2) is 22.3 Å². The van der Waals surface area contributed by atoms with Gasteiger partial charge in [-0.3, -0.25) is 4.79 Å². The lowest BCUT2D eigenvalue weighted by molar-refractivity contribution is 0.0926. The number of primary sulfonamides is 1. The van der Waals surface area contributed by atoms with Gasteiger partial charge in [0.1, 0.15) is 16.3 Å². The number of nitrogens with one attached hydrogen (secondary N) is 1. The summed E-state index contributed by atoms with van der Waals surface area (Å²) < 4.78 is 49.9. The molecule has 1 aliphatic carbocycles. The van der Waals surface area contributed by atoms with E-state index in [4.69, 9.17) is 5.14 Å². The van der Waals surface area contributed by atoms with Crippen molar-refractivity contribution in [2.45, 2.75) is 30.7 Å². The van der Waals surface area contributed by atoms with Gasteiger partial charge < -0.3 is 5.32 Å². The van der Waals surface area contributed by atoms with Crippen molar-refractivity contribution in [2.24, 2.45) is 11.1 Å². The molecule has 8 heteroatoms. The van der Waals surface area contributed by atoms with E-state index in [-0.39, 0.29) is 6.04 Å². The Hall–Kier alpha value is -1.54. The third kappa shape index (κ3) is 2.96. The van der Waals surface area contributed by atoms with Crippen LogP contribution in [0.25, 0.3) is 0 Å². The predicted molar refractivity (Wildman–Crippen MR) is 67.4 cm³/mol. The van der Waals surface area contributed by atoms with Gasteiger partial charge in [0.15, 0.2) is 5.82 Å². The molecule has 5 nitrogen and oxygen atoms in total. The molecule has 3 N–H and O–H groups in total. The molecule has 1 aromatic carbocycles. The number of amides is 1. The molecule has 0 heterocycles. The standard InChI is InChI=1S/C12H14F2N2O3S/c1-6(7-2-3-7)16-12(17)10-8(13)4-5-9(11(10)14)20(15,18)19/h4-7H,2-3H2,1H3,(H,16,17)(H2,15,18,19). The van der Waals surface area contributed by atoms with Gasteiger partial charge in [-0.2, -0.15) is 0 Å². The number of nitrogens with two attached hydrogens (primary N) is 1. The van der Waals surface area contributed by atoms with Gasteiger partial charge in [0.05, 0.1) is 0 Å². The fraction of sp³-hybridized carbons (Fsp3) is 0.417. The maximum absolute atomic E-state index is 14.0. The number of halogens is 2. The van der Waals surface area contributed by atoms with E-state index < -0.39 is 38.0 Å². The third-order valence-electron chi connectivity index (χ3n) is 3.28. The van der Waals surface area contributed by atoms with E-state index in [0.29, 0.717) is 18.1 Å². The van der Waals surface area contributed by atoms with Crippen LogP contribution in [-0.2, 0) is 10.0 Å². The Morgan fingerprint density at radius 2 is 2.00 bits per heavy atom. The Balaban J connectivity index is 2.37. The monoisotopic (exact) mass is 304 g/mol. The minimum absolute atomic E-state index is 0.223. The quantitative estimate of drug-likeness (QED) is 0.874. The molecule has 1 aliphatic rings. The summed E-state index contributed by atoms with van der Waals surface area (Å²) in [5, 5.41) is 7.28. The van der Waals surface area contributed by atoms with Crippen LogP contribution in [0.3, 0.4) is 0 Å². The first-order valence-electron chi connectivity index (χ1n) is 6.03. The minimum atomic E-state index is -4.36. The van der Waals surface area contributed by atoms with Crippen molar-refractivity contribution >= 4 is 15.9 Å². The number of benzene rings is 1. The lowest BCUT2D eigenvalue weighted by atomic mass is 10.1. The van der Waals surface area contributed by atoms with Crippen LogP contribution in [0.5, 0.6) is 0 Å². The Labute approximate surface area is 115 Å². The zero-order valence-electron chi connectivity index (χ0n) is 10.7. The van der Waals surface area contributed by atoms with Crippen LogP contribution >= 0.6 is 0 Å². The Bertz CT molecular complexity index is 657. The first kappa shape index (κ1) is 14.9. The molecule has 0 bridgehead atoms. The molecular formula is C12H14F2N2O3S. The van der Waals surface area contributed by atoms with E-state index in [0.717, 1.165) is 12.8 Å². The summed E-state index contributed by atoms with van der Waals surface area (Å²) in [5.74, 6) is -3.28. The highest BCUT2D eigenvalue weighted by Gasteiger charge is 2.31. The zero-order valence-corrected chi connectivity index (χ0v) is 11.5. The highest BCUT2D eigenvalue weighted by Crippen LogP contribution is 2.32. The van der Waals surface area contributed by atoms with E-state index in [1.165, 1.54) is 0 Å². The van der Waals surface area contributed by atoms with Gasteiger partial charge in [0, 0.05) is 6.04 Å². The summed E-state index contributed by atoms with van der Waals surface area (Å²) in [6.07, 6.45) is 1.90. The molecule has 1 unspecified atom stereocenters. The van der Waals surface area contributed by atoms with Crippen LogP contribution in [0.4, 0.5) is 8.78 Å². The van der Waals surface area contributed by atoms with Gasteiger partial charge in [0.2, 0.25) is 10.0 Å². The Morgan fingerprint density at radius 1 is 1.40 bits per heavy atom. The van der Waals surface area contributed by atoms with Crippen molar-refractivity contribution in [3.05, 3.63) is 29.3 Å². The van der Waals surface area contributed by atoms with Crippen LogP contribution in [0.15, 0.2) is 17.0 Å². The highest BCUT2D eigenvalue weighted by molar-refractivity contribution is 7.89. The minimum Gasteiger partial charge on any atom is -0.349 e. The number of hydrogen-bond acceptors (Lipinski definition) is 3. The van der Waals surface area contributed by atoms with E-state index in [2.05, 4.69) is 5.32 Å². The van der Waals surface area contributed by atoms with Gasteiger partial charge in [-0.1, -0.05) is 0 Å². The summed E-state index contributed by atoms with van der Waals surface area (Å²) in [4.78, 5) is 11.0. The molecule has 1 aromatic rings.